The van der Waals surface area contributed by atoms with E-state index in [9.17, 15) is 0 Å². The lowest BCUT2D eigenvalue weighted by Crippen LogP contribution is -2.49. The zero-order valence-corrected chi connectivity index (χ0v) is 11.7. The highest BCUT2D eigenvalue weighted by Crippen LogP contribution is 2.37. The SMILES string of the molecule is CCN1CCOC(CNC2CCCC2(C)C)C1. The standard InChI is InChI=1S/C14H28N2O/c1-4-16-8-9-17-12(11-16)10-15-13-6-5-7-14(13,2)3/h12-13,15H,4-11H2,1-3H3. The highest BCUT2D eigenvalue weighted by molar-refractivity contribution is 4.91. The van der Waals surface area contributed by atoms with Crippen LogP contribution in [0.25, 0.3) is 0 Å². The molecule has 1 saturated heterocycles. The van der Waals surface area contributed by atoms with Crippen molar-refractivity contribution < 1.29 is 4.74 Å². The summed E-state index contributed by atoms with van der Waals surface area (Å²) in [7, 11) is 0. The molecule has 0 amide bonds. The van der Waals surface area contributed by atoms with E-state index in [0.29, 0.717) is 17.6 Å². The van der Waals surface area contributed by atoms with Gasteiger partial charge in [-0.15, -0.1) is 0 Å². The molecule has 1 saturated carbocycles. The summed E-state index contributed by atoms with van der Waals surface area (Å²) in [6.45, 7) is 12.3. The van der Waals surface area contributed by atoms with Gasteiger partial charge < -0.3 is 10.1 Å². The van der Waals surface area contributed by atoms with Crippen LogP contribution in [0.2, 0.25) is 0 Å². The van der Waals surface area contributed by atoms with E-state index < -0.39 is 0 Å². The van der Waals surface area contributed by atoms with Crippen molar-refractivity contribution in [2.45, 2.75) is 52.2 Å². The quantitative estimate of drug-likeness (QED) is 0.812. The Morgan fingerprint density at radius 3 is 2.88 bits per heavy atom. The Morgan fingerprint density at radius 1 is 1.41 bits per heavy atom. The molecular formula is C14H28N2O. The first kappa shape index (κ1) is 13.3. The molecule has 0 radical (unpaired) electrons. The third-order valence-electron chi connectivity index (χ3n) is 4.52. The first-order valence-corrected chi connectivity index (χ1v) is 7.19. The molecule has 17 heavy (non-hydrogen) atoms. The molecule has 1 N–H and O–H groups in total. The van der Waals surface area contributed by atoms with Gasteiger partial charge in [0.1, 0.15) is 0 Å². The first-order valence-electron chi connectivity index (χ1n) is 7.19. The lowest BCUT2D eigenvalue weighted by molar-refractivity contribution is -0.0275. The Kier molecular flexibility index (Phi) is 4.45. The minimum Gasteiger partial charge on any atom is -0.374 e. The maximum absolute atomic E-state index is 5.83. The van der Waals surface area contributed by atoms with E-state index in [2.05, 4.69) is 31.0 Å². The van der Waals surface area contributed by atoms with E-state index in [1.807, 2.05) is 0 Å². The van der Waals surface area contributed by atoms with Gasteiger partial charge in [0.25, 0.3) is 0 Å². The lowest BCUT2D eigenvalue weighted by atomic mass is 9.87. The molecule has 0 aromatic heterocycles. The topological polar surface area (TPSA) is 24.5 Å². The van der Waals surface area contributed by atoms with Crippen LogP contribution in [0.15, 0.2) is 0 Å². The summed E-state index contributed by atoms with van der Waals surface area (Å²) >= 11 is 0. The Balaban J connectivity index is 1.74. The molecule has 0 aromatic carbocycles. The summed E-state index contributed by atoms with van der Waals surface area (Å²) in [6, 6.07) is 0.683. The molecule has 2 aliphatic rings. The number of nitrogens with one attached hydrogen (secondary N) is 1. The van der Waals surface area contributed by atoms with Crippen molar-refractivity contribution in [3.8, 4) is 0 Å². The van der Waals surface area contributed by atoms with E-state index in [1.54, 1.807) is 0 Å². The Bertz CT molecular complexity index is 242. The van der Waals surface area contributed by atoms with Crippen LogP contribution < -0.4 is 5.32 Å². The van der Waals surface area contributed by atoms with Gasteiger partial charge in [0.15, 0.2) is 0 Å². The normalized spacial score (nSPS) is 34.1. The number of nitrogens with zero attached hydrogens (tertiary/aromatic N) is 1. The molecule has 0 bridgehead atoms. The fourth-order valence-electron chi connectivity index (χ4n) is 3.17. The fraction of sp³-hybridized carbons (Fsp3) is 1.00. The van der Waals surface area contributed by atoms with Gasteiger partial charge in [-0.1, -0.05) is 27.2 Å². The molecule has 1 aliphatic carbocycles. The van der Waals surface area contributed by atoms with Crippen LogP contribution in [0.4, 0.5) is 0 Å². The van der Waals surface area contributed by atoms with Gasteiger partial charge in [-0.05, 0) is 24.8 Å². The summed E-state index contributed by atoms with van der Waals surface area (Å²) in [5.74, 6) is 0. The summed E-state index contributed by atoms with van der Waals surface area (Å²) < 4.78 is 5.83. The number of ether oxygens (including phenoxy) is 1. The van der Waals surface area contributed by atoms with Gasteiger partial charge in [-0.25, -0.2) is 0 Å². The van der Waals surface area contributed by atoms with Crippen molar-refractivity contribution in [1.82, 2.24) is 10.2 Å². The lowest BCUT2D eigenvalue weighted by Gasteiger charge is -2.34. The Labute approximate surface area is 106 Å². The van der Waals surface area contributed by atoms with Gasteiger partial charge in [0, 0.05) is 25.7 Å². The molecule has 3 nitrogen and oxygen atoms in total. The van der Waals surface area contributed by atoms with E-state index in [-0.39, 0.29) is 0 Å². The van der Waals surface area contributed by atoms with E-state index in [0.717, 1.165) is 32.8 Å². The van der Waals surface area contributed by atoms with Crippen molar-refractivity contribution in [1.29, 1.82) is 0 Å². The van der Waals surface area contributed by atoms with Gasteiger partial charge >= 0.3 is 0 Å². The van der Waals surface area contributed by atoms with Crippen molar-refractivity contribution in [3.63, 3.8) is 0 Å². The van der Waals surface area contributed by atoms with Gasteiger partial charge in [0.05, 0.1) is 12.7 Å². The Hall–Kier alpha value is -0.120. The minimum atomic E-state index is 0.389. The zero-order valence-electron chi connectivity index (χ0n) is 11.7. The highest BCUT2D eigenvalue weighted by atomic mass is 16.5. The second kappa shape index (κ2) is 5.68. The van der Waals surface area contributed by atoms with Gasteiger partial charge in [-0.2, -0.15) is 0 Å². The summed E-state index contributed by atoms with van der Waals surface area (Å²) in [5, 5.41) is 3.73. The van der Waals surface area contributed by atoms with Crippen molar-refractivity contribution in [3.05, 3.63) is 0 Å². The minimum absolute atomic E-state index is 0.389. The van der Waals surface area contributed by atoms with Crippen molar-refractivity contribution >= 4 is 0 Å². The molecule has 0 spiro atoms. The molecule has 2 fully saturated rings. The molecule has 0 aromatic rings. The first-order chi connectivity index (χ1) is 8.12. The summed E-state index contributed by atoms with van der Waals surface area (Å²) in [4.78, 5) is 2.48. The van der Waals surface area contributed by atoms with Crippen molar-refractivity contribution in [2.75, 3.05) is 32.8 Å². The Morgan fingerprint density at radius 2 is 2.24 bits per heavy atom. The van der Waals surface area contributed by atoms with E-state index in [1.165, 1.54) is 19.3 Å². The zero-order chi connectivity index (χ0) is 12.3. The van der Waals surface area contributed by atoms with Crippen LogP contribution in [0.5, 0.6) is 0 Å². The molecule has 3 heteroatoms. The molecule has 2 rings (SSSR count). The average molecular weight is 240 g/mol. The second-order valence-corrected chi connectivity index (χ2v) is 6.23. The number of rotatable bonds is 4. The van der Waals surface area contributed by atoms with Crippen LogP contribution in [0.3, 0.4) is 0 Å². The average Bonchev–Trinajstić information content (AvgIpc) is 2.66. The van der Waals surface area contributed by atoms with Crippen LogP contribution in [0, 0.1) is 5.41 Å². The third-order valence-corrected chi connectivity index (χ3v) is 4.52. The number of likely N-dealkylation sites (N-methyl/N-ethyl adjacent to an activating group) is 1. The van der Waals surface area contributed by atoms with Crippen LogP contribution in [0.1, 0.15) is 40.0 Å². The monoisotopic (exact) mass is 240 g/mol. The molecular weight excluding hydrogens is 212 g/mol. The van der Waals surface area contributed by atoms with Crippen LogP contribution in [-0.4, -0.2) is 49.8 Å². The van der Waals surface area contributed by atoms with Gasteiger partial charge in [-0.3, -0.25) is 4.90 Å². The van der Waals surface area contributed by atoms with Crippen LogP contribution >= 0.6 is 0 Å². The highest BCUT2D eigenvalue weighted by Gasteiger charge is 2.34. The molecule has 2 unspecified atom stereocenters. The molecule has 1 heterocycles. The number of morpholine rings is 1. The smallest absolute Gasteiger partial charge is 0.0826 e. The second-order valence-electron chi connectivity index (χ2n) is 6.23. The predicted octanol–water partition coefficient (Wildman–Crippen LogP) is 1.88. The summed E-state index contributed by atoms with van der Waals surface area (Å²) in [5.41, 5.74) is 0.471. The number of hydrogen-bond donors (Lipinski definition) is 1. The fourth-order valence-corrected chi connectivity index (χ4v) is 3.17. The number of hydrogen-bond acceptors (Lipinski definition) is 3. The largest absolute Gasteiger partial charge is 0.374 e. The predicted molar refractivity (Wildman–Crippen MR) is 71.3 cm³/mol. The third kappa shape index (κ3) is 3.43. The summed E-state index contributed by atoms with van der Waals surface area (Å²) in [6.07, 6.45) is 4.45. The van der Waals surface area contributed by atoms with E-state index in [4.69, 9.17) is 4.74 Å². The van der Waals surface area contributed by atoms with Crippen LogP contribution in [-0.2, 0) is 4.74 Å². The van der Waals surface area contributed by atoms with E-state index >= 15 is 0 Å². The molecule has 1 aliphatic heterocycles. The molecule has 2 atom stereocenters. The van der Waals surface area contributed by atoms with Crippen molar-refractivity contribution in [2.24, 2.45) is 5.41 Å². The maximum atomic E-state index is 5.83. The van der Waals surface area contributed by atoms with Gasteiger partial charge in [0.2, 0.25) is 0 Å². The molecule has 100 valence electrons. The maximum Gasteiger partial charge on any atom is 0.0826 e.